The summed E-state index contributed by atoms with van der Waals surface area (Å²) in [5, 5.41) is 10.3. The number of allylic oxidation sites excluding steroid dienone is 1. The highest BCUT2D eigenvalue weighted by atomic mass is 79.9. The van der Waals surface area contributed by atoms with Crippen LogP contribution in [-0.4, -0.2) is 7.11 Å². The van der Waals surface area contributed by atoms with E-state index in [1.54, 1.807) is 7.11 Å². The van der Waals surface area contributed by atoms with Gasteiger partial charge in [-0.3, -0.25) is 0 Å². The predicted octanol–water partition coefficient (Wildman–Crippen LogP) is 7.06. The maximum Gasteiger partial charge on any atom is 0.175 e. The first kappa shape index (κ1) is 21.0. The molecule has 0 saturated heterocycles. The second-order valence-corrected chi connectivity index (χ2v) is 7.78. The van der Waals surface area contributed by atoms with Crippen molar-refractivity contribution in [2.24, 2.45) is 0 Å². The zero-order chi connectivity index (χ0) is 20.8. The third kappa shape index (κ3) is 5.41. The summed E-state index contributed by atoms with van der Waals surface area (Å²) in [4.78, 5) is 0. The third-order valence-electron chi connectivity index (χ3n) is 4.34. The standard InChI is InChI=1S/C24H19BrClNO2/c1-16-3-7-19(8-4-16)20(14-27)11-18-12-22(25)24(23(13-18)28-2)29-15-17-5-9-21(26)10-6-17/h3-13H,15H2,1-2H3. The van der Waals surface area contributed by atoms with E-state index >= 15 is 0 Å². The molecule has 3 aromatic rings. The fourth-order valence-corrected chi connectivity index (χ4v) is 3.48. The lowest BCUT2D eigenvalue weighted by Crippen LogP contribution is -1.99. The Hall–Kier alpha value is -2.74. The van der Waals surface area contributed by atoms with Gasteiger partial charge in [-0.1, -0.05) is 53.6 Å². The molecule has 0 amide bonds. The largest absolute Gasteiger partial charge is 0.493 e. The Morgan fingerprint density at radius 2 is 1.79 bits per heavy atom. The monoisotopic (exact) mass is 467 g/mol. The number of benzene rings is 3. The molecule has 0 saturated carbocycles. The van der Waals surface area contributed by atoms with Crippen molar-refractivity contribution in [2.45, 2.75) is 13.5 Å². The van der Waals surface area contributed by atoms with Gasteiger partial charge in [-0.2, -0.15) is 5.26 Å². The van der Waals surface area contributed by atoms with E-state index in [4.69, 9.17) is 21.1 Å². The van der Waals surface area contributed by atoms with Gasteiger partial charge in [0.05, 0.1) is 23.2 Å². The van der Waals surface area contributed by atoms with Gasteiger partial charge >= 0.3 is 0 Å². The number of hydrogen-bond donors (Lipinski definition) is 0. The van der Waals surface area contributed by atoms with Gasteiger partial charge in [-0.25, -0.2) is 0 Å². The number of halogens is 2. The lowest BCUT2D eigenvalue weighted by Gasteiger charge is -2.14. The molecule has 0 bridgehead atoms. The zero-order valence-electron chi connectivity index (χ0n) is 16.1. The van der Waals surface area contributed by atoms with Gasteiger partial charge in [0.2, 0.25) is 0 Å². The molecule has 0 spiro atoms. The molecule has 0 aliphatic heterocycles. The molecule has 0 unspecified atom stereocenters. The van der Waals surface area contributed by atoms with E-state index in [0.717, 1.165) is 26.7 Å². The van der Waals surface area contributed by atoms with Crippen LogP contribution in [0.2, 0.25) is 5.02 Å². The van der Waals surface area contributed by atoms with Gasteiger partial charge in [0, 0.05) is 5.02 Å². The van der Waals surface area contributed by atoms with E-state index in [1.165, 1.54) is 0 Å². The molecule has 0 radical (unpaired) electrons. The van der Waals surface area contributed by atoms with Crippen LogP contribution in [-0.2, 0) is 6.61 Å². The Labute approximate surface area is 184 Å². The summed E-state index contributed by atoms with van der Waals surface area (Å²) in [6.07, 6.45) is 1.83. The molecule has 0 fully saturated rings. The Kier molecular flexibility index (Phi) is 6.98. The normalized spacial score (nSPS) is 11.1. The average molecular weight is 469 g/mol. The fourth-order valence-electron chi connectivity index (χ4n) is 2.78. The third-order valence-corrected chi connectivity index (χ3v) is 5.18. The summed E-state index contributed by atoms with van der Waals surface area (Å²) in [6.45, 7) is 2.40. The van der Waals surface area contributed by atoms with Crippen molar-refractivity contribution in [3.63, 3.8) is 0 Å². The predicted molar refractivity (Wildman–Crippen MR) is 121 cm³/mol. The van der Waals surface area contributed by atoms with E-state index in [0.29, 0.717) is 28.7 Å². The molecule has 0 atom stereocenters. The van der Waals surface area contributed by atoms with Crippen molar-refractivity contribution in [2.75, 3.05) is 7.11 Å². The second-order valence-electron chi connectivity index (χ2n) is 6.49. The summed E-state index contributed by atoms with van der Waals surface area (Å²) < 4.78 is 12.2. The topological polar surface area (TPSA) is 42.2 Å². The molecule has 0 aliphatic rings. The van der Waals surface area contributed by atoms with E-state index in [9.17, 15) is 5.26 Å². The minimum absolute atomic E-state index is 0.383. The first-order chi connectivity index (χ1) is 14.0. The van der Waals surface area contributed by atoms with E-state index in [-0.39, 0.29) is 0 Å². The Morgan fingerprint density at radius 1 is 1.10 bits per heavy atom. The number of rotatable bonds is 6. The molecule has 0 heterocycles. The SMILES string of the molecule is COc1cc(C=C(C#N)c2ccc(C)cc2)cc(Br)c1OCc1ccc(Cl)cc1. The van der Waals surface area contributed by atoms with Gasteiger partial charge in [0.15, 0.2) is 11.5 Å². The van der Waals surface area contributed by atoms with Crippen molar-refractivity contribution in [3.8, 4) is 17.6 Å². The van der Waals surface area contributed by atoms with Gasteiger partial charge in [-0.15, -0.1) is 0 Å². The minimum atomic E-state index is 0.383. The molecular formula is C24H19BrClNO2. The van der Waals surface area contributed by atoms with Crippen LogP contribution in [0, 0.1) is 18.3 Å². The van der Waals surface area contributed by atoms with Crippen molar-refractivity contribution < 1.29 is 9.47 Å². The van der Waals surface area contributed by atoms with Crippen molar-refractivity contribution >= 4 is 39.2 Å². The molecule has 0 aliphatic carbocycles. The summed E-state index contributed by atoms with van der Waals surface area (Å²) in [5.41, 5.74) is 4.44. The van der Waals surface area contributed by atoms with Crippen LogP contribution in [0.4, 0.5) is 0 Å². The lowest BCUT2D eigenvalue weighted by atomic mass is 10.0. The Bertz CT molecular complexity index is 1070. The van der Waals surface area contributed by atoms with Crippen LogP contribution in [0.3, 0.4) is 0 Å². The fraction of sp³-hybridized carbons (Fsp3) is 0.125. The quantitative estimate of drug-likeness (QED) is 0.287. The Morgan fingerprint density at radius 3 is 2.41 bits per heavy atom. The zero-order valence-corrected chi connectivity index (χ0v) is 18.4. The molecule has 0 N–H and O–H groups in total. The second kappa shape index (κ2) is 9.65. The molecule has 5 heteroatoms. The molecule has 29 heavy (non-hydrogen) atoms. The highest BCUT2D eigenvalue weighted by Gasteiger charge is 2.12. The summed E-state index contributed by atoms with van der Waals surface area (Å²) >= 11 is 9.49. The van der Waals surface area contributed by atoms with Gasteiger partial charge in [-0.05, 0) is 69.9 Å². The van der Waals surface area contributed by atoms with Gasteiger partial charge in [0.1, 0.15) is 6.61 Å². The van der Waals surface area contributed by atoms with Crippen LogP contribution >= 0.6 is 27.5 Å². The van der Waals surface area contributed by atoms with Gasteiger partial charge < -0.3 is 9.47 Å². The van der Waals surface area contributed by atoms with E-state index < -0.39 is 0 Å². The smallest absolute Gasteiger partial charge is 0.175 e. The first-order valence-corrected chi connectivity index (χ1v) is 10.1. The Balaban J connectivity index is 1.88. The maximum absolute atomic E-state index is 9.59. The number of aryl methyl sites for hydroxylation is 1. The van der Waals surface area contributed by atoms with Crippen molar-refractivity contribution in [1.29, 1.82) is 5.26 Å². The lowest BCUT2D eigenvalue weighted by molar-refractivity contribution is 0.282. The van der Waals surface area contributed by atoms with Crippen LogP contribution in [0.25, 0.3) is 11.6 Å². The molecule has 146 valence electrons. The first-order valence-electron chi connectivity index (χ1n) is 8.94. The number of nitriles is 1. The highest BCUT2D eigenvalue weighted by Crippen LogP contribution is 2.38. The van der Waals surface area contributed by atoms with Crippen LogP contribution < -0.4 is 9.47 Å². The molecular weight excluding hydrogens is 450 g/mol. The van der Waals surface area contributed by atoms with Crippen LogP contribution in [0.1, 0.15) is 22.3 Å². The molecule has 3 aromatic carbocycles. The average Bonchev–Trinajstić information content (AvgIpc) is 2.72. The molecule has 3 rings (SSSR count). The van der Waals surface area contributed by atoms with E-state index in [2.05, 4.69) is 22.0 Å². The number of nitrogens with zero attached hydrogens (tertiary/aromatic N) is 1. The number of ether oxygens (including phenoxy) is 2. The van der Waals surface area contributed by atoms with Gasteiger partial charge in [0.25, 0.3) is 0 Å². The molecule has 3 nitrogen and oxygen atoms in total. The summed E-state index contributed by atoms with van der Waals surface area (Å²) in [7, 11) is 1.59. The van der Waals surface area contributed by atoms with Crippen molar-refractivity contribution in [1.82, 2.24) is 0 Å². The number of methoxy groups -OCH3 is 1. The summed E-state index contributed by atoms with van der Waals surface area (Å²) in [5.74, 6) is 1.19. The maximum atomic E-state index is 9.59. The minimum Gasteiger partial charge on any atom is -0.493 e. The van der Waals surface area contributed by atoms with Crippen molar-refractivity contribution in [3.05, 3.63) is 92.4 Å². The summed E-state index contributed by atoms with van der Waals surface area (Å²) in [6, 6.07) is 21.4. The van der Waals surface area contributed by atoms with Crippen LogP contribution in [0.15, 0.2) is 65.1 Å². The van der Waals surface area contributed by atoms with E-state index in [1.807, 2.05) is 73.7 Å². The highest BCUT2D eigenvalue weighted by molar-refractivity contribution is 9.10. The number of hydrogen-bond acceptors (Lipinski definition) is 3. The molecule has 0 aromatic heterocycles. The van der Waals surface area contributed by atoms with Crippen LogP contribution in [0.5, 0.6) is 11.5 Å².